The number of carbonyl (C=O) groups is 1. The number of carbonyl (C=O) groups excluding carboxylic acids is 1. The standard InChI is InChI=1S/C24H21F3N4O2/c1-14-7-10-30(23(33)15-2-4-16(5-3-15)24(25,26)27)13-19(14)31-11-8-20(32)18-12-29-22-17(21(18)31)6-9-28-22/h2-6,8-9,11-12,14,19H,7,10,13H2,1H3,(H,28,29)/p+1/t14-,19+/m1/s1. The maximum Gasteiger partial charge on any atom is 0.416 e. The van der Waals surface area contributed by atoms with E-state index in [1.807, 2.05) is 6.07 Å². The summed E-state index contributed by atoms with van der Waals surface area (Å²) in [5.74, 6) is -0.0726. The van der Waals surface area contributed by atoms with Gasteiger partial charge in [0.2, 0.25) is 0 Å². The number of rotatable bonds is 2. The van der Waals surface area contributed by atoms with E-state index in [1.54, 1.807) is 23.5 Å². The summed E-state index contributed by atoms with van der Waals surface area (Å²) in [6, 6.07) is 7.66. The molecule has 1 aromatic carbocycles. The normalized spacial score (nSPS) is 19.3. The van der Waals surface area contributed by atoms with Gasteiger partial charge in [0.1, 0.15) is 6.20 Å². The Kier molecular flexibility index (Phi) is 4.99. The van der Waals surface area contributed by atoms with E-state index in [9.17, 15) is 22.8 Å². The van der Waals surface area contributed by atoms with Crippen LogP contribution in [0.4, 0.5) is 13.2 Å². The van der Waals surface area contributed by atoms with Crippen molar-refractivity contribution in [2.45, 2.75) is 25.6 Å². The van der Waals surface area contributed by atoms with Crippen molar-refractivity contribution in [2.75, 3.05) is 13.1 Å². The van der Waals surface area contributed by atoms with E-state index in [0.717, 1.165) is 35.1 Å². The van der Waals surface area contributed by atoms with Crippen LogP contribution in [0.1, 0.15) is 35.3 Å². The molecule has 4 heterocycles. The SMILES string of the molecule is C[C@@H]1CCN(C(=O)c2ccc(C(F)(F)F)cc2)C[C@@H]1n1ccc(=O)c2c[nH+]c3[nH]ccc3c21. The fourth-order valence-electron chi connectivity index (χ4n) is 4.68. The van der Waals surface area contributed by atoms with E-state index >= 15 is 0 Å². The first-order valence-corrected chi connectivity index (χ1v) is 10.7. The summed E-state index contributed by atoms with van der Waals surface area (Å²) in [6.45, 7) is 3.02. The molecule has 0 radical (unpaired) electrons. The van der Waals surface area contributed by atoms with Crippen LogP contribution in [0.25, 0.3) is 21.9 Å². The number of nitrogens with zero attached hydrogens (tertiary/aromatic N) is 2. The number of halogens is 3. The van der Waals surface area contributed by atoms with Gasteiger partial charge in [-0.15, -0.1) is 0 Å². The molecule has 170 valence electrons. The Labute approximate surface area is 186 Å². The molecule has 1 aliphatic heterocycles. The largest absolute Gasteiger partial charge is 0.416 e. The lowest BCUT2D eigenvalue weighted by Gasteiger charge is -2.39. The Morgan fingerprint density at radius 2 is 1.88 bits per heavy atom. The number of hydrogen-bond acceptors (Lipinski definition) is 2. The number of hydrogen-bond donors (Lipinski definition) is 1. The van der Waals surface area contributed by atoms with E-state index in [0.29, 0.717) is 18.5 Å². The predicted octanol–water partition coefficient (Wildman–Crippen LogP) is 4.04. The zero-order chi connectivity index (χ0) is 23.3. The second kappa shape index (κ2) is 7.75. The van der Waals surface area contributed by atoms with Gasteiger partial charge in [-0.25, -0.2) is 9.97 Å². The topological polar surface area (TPSA) is 72.2 Å². The van der Waals surface area contributed by atoms with Crippen LogP contribution in [-0.4, -0.2) is 33.4 Å². The number of likely N-dealkylation sites (tertiary alicyclic amines) is 1. The van der Waals surface area contributed by atoms with Crippen LogP contribution < -0.4 is 10.4 Å². The van der Waals surface area contributed by atoms with E-state index in [2.05, 4.69) is 21.5 Å². The van der Waals surface area contributed by atoms with E-state index in [-0.39, 0.29) is 28.9 Å². The molecule has 0 saturated carbocycles. The van der Waals surface area contributed by atoms with Gasteiger partial charge in [-0.05, 0) is 42.7 Å². The van der Waals surface area contributed by atoms with Crippen LogP contribution in [0.2, 0.25) is 0 Å². The molecule has 5 rings (SSSR count). The number of nitrogens with one attached hydrogen (secondary N) is 2. The van der Waals surface area contributed by atoms with Crippen molar-refractivity contribution in [3.8, 4) is 0 Å². The van der Waals surface area contributed by atoms with Gasteiger partial charge in [0, 0.05) is 30.9 Å². The van der Waals surface area contributed by atoms with Gasteiger partial charge in [0.15, 0.2) is 5.43 Å². The number of amides is 1. The van der Waals surface area contributed by atoms with Crippen LogP contribution in [0.5, 0.6) is 0 Å². The summed E-state index contributed by atoms with van der Waals surface area (Å²) in [4.78, 5) is 33.5. The van der Waals surface area contributed by atoms with Crippen LogP contribution in [-0.2, 0) is 6.18 Å². The summed E-state index contributed by atoms with van der Waals surface area (Å²) in [5.41, 5.74) is 0.933. The minimum Gasteiger partial charge on any atom is -0.341 e. The lowest BCUT2D eigenvalue weighted by molar-refractivity contribution is -0.345. The molecule has 1 amide bonds. The minimum absolute atomic E-state index is 0.0956. The molecule has 2 N–H and O–H groups in total. The number of aromatic nitrogens is 3. The zero-order valence-electron chi connectivity index (χ0n) is 17.8. The molecule has 9 heteroatoms. The molecule has 1 aliphatic rings. The fourth-order valence-corrected chi connectivity index (χ4v) is 4.68. The van der Waals surface area contributed by atoms with Gasteiger partial charge in [0.05, 0.1) is 34.1 Å². The Morgan fingerprint density at radius 1 is 1.12 bits per heavy atom. The van der Waals surface area contributed by atoms with E-state index in [1.165, 1.54) is 18.2 Å². The minimum atomic E-state index is -4.44. The van der Waals surface area contributed by atoms with Gasteiger partial charge in [-0.2, -0.15) is 13.2 Å². The monoisotopic (exact) mass is 455 g/mol. The molecule has 3 aromatic heterocycles. The number of benzene rings is 1. The predicted molar refractivity (Wildman–Crippen MR) is 117 cm³/mol. The van der Waals surface area contributed by atoms with E-state index in [4.69, 9.17) is 0 Å². The van der Waals surface area contributed by atoms with Crippen molar-refractivity contribution in [2.24, 2.45) is 5.92 Å². The van der Waals surface area contributed by atoms with Crippen molar-refractivity contribution in [3.63, 3.8) is 0 Å². The van der Waals surface area contributed by atoms with Crippen LogP contribution in [0, 0.1) is 5.92 Å². The Balaban J connectivity index is 1.51. The average Bonchev–Trinajstić information content (AvgIpc) is 3.28. The Morgan fingerprint density at radius 3 is 2.61 bits per heavy atom. The third-order valence-electron chi connectivity index (χ3n) is 6.55. The summed E-state index contributed by atoms with van der Waals surface area (Å²) in [6.07, 6.45) is 1.54. The third-order valence-corrected chi connectivity index (χ3v) is 6.55. The molecule has 6 nitrogen and oxygen atoms in total. The summed E-state index contributed by atoms with van der Waals surface area (Å²) in [5, 5.41) is 1.44. The van der Waals surface area contributed by atoms with Crippen molar-refractivity contribution in [1.82, 2.24) is 14.5 Å². The molecule has 0 aliphatic carbocycles. The van der Waals surface area contributed by atoms with Crippen molar-refractivity contribution in [3.05, 3.63) is 76.3 Å². The molecule has 0 spiro atoms. The van der Waals surface area contributed by atoms with Gasteiger partial charge >= 0.3 is 6.18 Å². The summed E-state index contributed by atoms with van der Waals surface area (Å²) < 4.78 is 40.7. The van der Waals surface area contributed by atoms with Crippen molar-refractivity contribution >= 4 is 27.8 Å². The second-order valence-corrected chi connectivity index (χ2v) is 8.56. The second-order valence-electron chi connectivity index (χ2n) is 8.56. The molecule has 33 heavy (non-hydrogen) atoms. The van der Waals surface area contributed by atoms with Gasteiger partial charge in [-0.1, -0.05) is 6.92 Å². The van der Waals surface area contributed by atoms with Crippen LogP contribution >= 0.6 is 0 Å². The highest BCUT2D eigenvalue weighted by atomic mass is 19.4. The highest BCUT2D eigenvalue weighted by molar-refractivity contribution is 6.00. The molecule has 0 bridgehead atoms. The maximum absolute atomic E-state index is 13.1. The number of piperidine rings is 1. The van der Waals surface area contributed by atoms with Gasteiger partial charge in [-0.3, -0.25) is 9.59 Å². The van der Waals surface area contributed by atoms with Gasteiger partial charge in [0.25, 0.3) is 11.6 Å². The zero-order valence-corrected chi connectivity index (χ0v) is 17.8. The lowest BCUT2D eigenvalue weighted by Crippen LogP contribution is -2.44. The quantitative estimate of drug-likeness (QED) is 0.496. The van der Waals surface area contributed by atoms with Crippen LogP contribution in [0.3, 0.4) is 0 Å². The fraction of sp³-hybridized carbons (Fsp3) is 0.292. The van der Waals surface area contributed by atoms with Crippen molar-refractivity contribution < 1.29 is 22.9 Å². The lowest BCUT2D eigenvalue weighted by atomic mass is 9.92. The molecular formula is C24H22F3N4O2+. The molecule has 2 atom stereocenters. The first kappa shape index (κ1) is 21.2. The third kappa shape index (κ3) is 3.67. The number of aromatic amines is 2. The summed E-state index contributed by atoms with van der Waals surface area (Å²) >= 11 is 0. The molecule has 1 fully saturated rings. The highest BCUT2D eigenvalue weighted by Crippen LogP contribution is 2.33. The molecule has 0 unspecified atom stereocenters. The average molecular weight is 455 g/mol. The van der Waals surface area contributed by atoms with Gasteiger partial charge < -0.3 is 9.47 Å². The maximum atomic E-state index is 13.1. The smallest absolute Gasteiger partial charge is 0.341 e. The Bertz CT molecular complexity index is 1410. The highest BCUT2D eigenvalue weighted by Gasteiger charge is 2.33. The first-order valence-electron chi connectivity index (χ1n) is 10.7. The summed E-state index contributed by atoms with van der Waals surface area (Å²) in [7, 11) is 0. The molecular weight excluding hydrogens is 433 g/mol. The number of alkyl halides is 3. The molecule has 4 aromatic rings. The first-order chi connectivity index (χ1) is 15.7. The van der Waals surface area contributed by atoms with E-state index < -0.39 is 11.7 Å². The van der Waals surface area contributed by atoms with Crippen molar-refractivity contribution in [1.29, 1.82) is 0 Å². The number of H-pyrrole nitrogens is 2. The van der Waals surface area contributed by atoms with Crippen LogP contribution in [0.15, 0.2) is 59.8 Å². The Hall–Kier alpha value is -3.62. The number of pyridine rings is 2. The molecule has 1 saturated heterocycles. The number of fused-ring (bicyclic) bond motifs is 3.